The Hall–Kier alpha value is -2.90. The maximum Gasteiger partial charge on any atom is 0.416 e. The molecule has 2 aromatic rings. The van der Waals surface area contributed by atoms with Gasteiger partial charge in [-0.1, -0.05) is 0 Å². The molecule has 1 N–H and O–H groups in total. The van der Waals surface area contributed by atoms with Crippen molar-refractivity contribution in [3.63, 3.8) is 0 Å². The second-order valence-corrected chi connectivity index (χ2v) is 6.28. The lowest BCUT2D eigenvalue weighted by Gasteiger charge is -2.23. The van der Waals surface area contributed by atoms with Gasteiger partial charge in [-0.2, -0.15) is 0 Å². The van der Waals surface area contributed by atoms with E-state index < -0.39 is 5.76 Å². The zero-order chi connectivity index (χ0) is 17.4. The lowest BCUT2D eigenvalue weighted by Crippen LogP contribution is -2.35. The molecule has 1 aliphatic carbocycles. The number of hydrogen-bond donors (Lipinski definition) is 1. The molecule has 0 spiro atoms. The number of hydrogen-bond acceptors (Lipinski definition) is 6. The summed E-state index contributed by atoms with van der Waals surface area (Å²) in [5.41, 5.74) is 1.78. The first-order chi connectivity index (χ1) is 12.1. The Morgan fingerprint density at radius 2 is 2.00 bits per heavy atom. The van der Waals surface area contributed by atoms with Crippen LogP contribution < -0.4 is 10.7 Å². The van der Waals surface area contributed by atoms with Gasteiger partial charge < -0.3 is 14.2 Å². The predicted octanol–water partition coefficient (Wildman–Crippen LogP) is 0.844. The van der Waals surface area contributed by atoms with Crippen molar-refractivity contribution in [3.05, 3.63) is 45.9 Å². The number of pyridine rings is 1. The molecule has 1 aliphatic heterocycles. The Balaban J connectivity index is 1.47. The van der Waals surface area contributed by atoms with Crippen LogP contribution in [-0.2, 0) is 6.42 Å². The van der Waals surface area contributed by atoms with Crippen LogP contribution in [0.5, 0.6) is 0 Å². The van der Waals surface area contributed by atoms with Crippen molar-refractivity contribution in [2.24, 2.45) is 0 Å². The molecule has 8 heteroatoms. The molecule has 1 saturated heterocycles. The summed E-state index contributed by atoms with van der Waals surface area (Å²) in [7, 11) is 0. The smallest absolute Gasteiger partial charge is 0.416 e. The van der Waals surface area contributed by atoms with E-state index in [9.17, 15) is 14.4 Å². The van der Waals surface area contributed by atoms with Crippen LogP contribution in [0.15, 0.2) is 27.6 Å². The highest BCUT2D eigenvalue weighted by molar-refractivity contribution is 6.00. The first kappa shape index (κ1) is 15.6. The first-order valence-corrected chi connectivity index (χ1v) is 8.37. The molecule has 25 heavy (non-hydrogen) atoms. The highest BCUT2D eigenvalue weighted by atomic mass is 16.4. The van der Waals surface area contributed by atoms with Gasteiger partial charge in [-0.05, 0) is 25.0 Å². The third kappa shape index (κ3) is 2.95. The summed E-state index contributed by atoms with van der Waals surface area (Å²) in [6, 6.07) is 3.74. The highest BCUT2D eigenvalue weighted by Gasteiger charge is 2.25. The van der Waals surface area contributed by atoms with Crippen LogP contribution in [0, 0.1) is 0 Å². The molecule has 0 aromatic carbocycles. The van der Waals surface area contributed by atoms with Gasteiger partial charge in [0.2, 0.25) is 0 Å². The maximum absolute atomic E-state index is 12.4. The second kappa shape index (κ2) is 6.19. The van der Waals surface area contributed by atoms with E-state index in [0.29, 0.717) is 32.5 Å². The number of oxazole rings is 1. The van der Waals surface area contributed by atoms with Crippen molar-refractivity contribution in [2.45, 2.75) is 19.3 Å². The number of H-pyrrole nitrogens is 1. The van der Waals surface area contributed by atoms with Crippen molar-refractivity contribution in [1.29, 1.82) is 0 Å². The molecule has 2 aliphatic rings. The third-order valence-corrected chi connectivity index (χ3v) is 4.71. The number of aromatic amines is 1. The zero-order valence-electron chi connectivity index (χ0n) is 13.7. The number of nitrogens with one attached hydrogen (secondary N) is 1. The number of ketones is 1. The van der Waals surface area contributed by atoms with Crippen molar-refractivity contribution in [2.75, 3.05) is 31.1 Å². The normalized spacial score (nSPS) is 17.5. The minimum Gasteiger partial charge on any atom is -0.416 e. The molecule has 0 unspecified atom stereocenters. The molecule has 2 aromatic heterocycles. The van der Waals surface area contributed by atoms with Crippen LogP contribution in [0.4, 0.5) is 5.82 Å². The highest BCUT2D eigenvalue weighted by Crippen LogP contribution is 2.24. The number of carbonyl (C=O) groups excluding carboxylic acids is 2. The minimum absolute atomic E-state index is 0.163. The largest absolute Gasteiger partial charge is 0.416 e. The Bertz CT molecular complexity index is 885. The molecule has 0 radical (unpaired) electrons. The van der Waals surface area contributed by atoms with E-state index in [2.05, 4.69) is 19.3 Å². The van der Waals surface area contributed by atoms with Gasteiger partial charge in [-0.3, -0.25) is 14.6 Å². The number of fused-ring (bicyclic) bond motifs is 1. The zero-order valence-corrected chi connectivity index (χ0v) is 13.7. The fraction of sp³-hybridized carbons (Fsp3) is 0.412. The minimum atomic E-state index is -0.628. The van der Waals surface area contributed by atoms with E-state index in [4.69, 9.17) is 0 Å². The second-order valence-electron chi connectivity index (χ2n) is 6.28. The van der Waals surface area contributed by atoms with Gasteiger partial charge in [0, 0.05) is 38.2 Å². The van der Waals surface area contributed by atoms with E-state index in [1.165, 1.54) is 0 Å². The summed E-state index contributed by atoms with van der Waals surface area (Å²) in [6.45, 7) is 2.56. The molecule has 8 nitrogen and oxygen atoms in total. The summed E-state index contributed by atoms with van der Waals surface area (Å²) in [4.78, 5) is 46.1. The van der Waals surface area contributed by atoms with Crippen LogP contribution >= 0.6 is 0 Å². The third-order valence-electron chi connectivity index (χ3n) is 4.71. The number of anilines is 1. The molecule has 0 bridgehead atoms. The molecular formula is C17H18N4O4. The van der Waals surface area contributed by atoms with Crippen LogP contribution in [-0.4, -0.2) is 52.7 Å². The summed E-state index contributed by atoms with van der Waals surface area (Å²) in [6.07, 6.45) is 3.20. The number of rotatable bonds is 2. The molecular weight excluding hydrogens is 324 g/mol. The predicted molar refractivity (Wildman–Crippen MR) is 89.0 cm³/mol. The van der Waals surface area contributed by atoms with Gasteiger partial charge in [0.25, 0.3) is 5.91 Å². The Kier molecular flexibility index (Phi) is 3.87. The molecule has 0 saturated carbocycles. The van der Waals surface area contributed by atoms with E-state index in [-0.39, 0.29) is 17.4 Å². The lowest BCUT2D eigenvalue weighted by atomic mass is 10.2. The Morgan fingerprint density at radius 3 is 2.80 bits per heavy atom. The summed E-state index contributed by atoms with van der Waals surface area (Å²) in [5, 5.41) is 0. The fourth-order valence-electron chi connectivity index (χ4n) is 3.38. The Labute approximate surface area is 143 Å². The van der Waals surface area contributed by atoms with Crippen LogP contribution in [0.2, 0.25) is 0 Å². The van der Waals surface area contributed by atoms with Gasteiger partial charge in [0.05, 0.1) is 5.69 Å². The molecule has 1 fully saturated rings. The number of amides is 1. The van der Waals surface area contributed by atoms with Gasteiger partial charge in [-0.25, -0.2) is 9.78 Å². The SMILES string of the molecule is O=C1CCc2nc(N3CCCN(C(=O)c4coc(=O)[nH]4)CC3)ccc21. The number of aromatic nitrogens is 2. The fourth-order valence-corrected chi connectivity index (χ4v) is 3.38. The van der Waals surface area contributed by atoms with Gasteiger partial charge >= 0.3 is 5.76 Å². The molecule has 3 heterocycles. The number of carbonyl (C=O) groups is 2. The first-order valence-electron chi connectivity index (χ1n) is 8.37. The van der Waals surface area contributed by atoms with E-state index >= 15 is 0 Å². The van der Waals surface area contributed by atoms with Crippen LogP contribution in [0.1, 0.15) is 39.4 Å². The summed E-state index contributed by atoms with van der Waals surface area (Å²) >= 11 is 0. The quantitative estimate of drug-likeness (QED) is 0.868. The van der Waals surface area contributed by atoms with E-state index in [1.54, 1.807) is 4.90 Å². The van der Waals surface area contributed by atoms with Gasteiger partial charge in [-0.15, -0.1) is 0 Å². The lowest BCUT2D eigenvalue weighted by molar-refractivity contribution is 0.0761. The van der Waals surface area contributed by atoms with Crippen molar-refractivity contribution in [1.82, 2.24) is 14.9 Å². The molecule has 4 rings (SSSR count). The number of Topliss-reactive ketones (excluding diaryl/α,β-unsaturated/α-hetero) is 1. The summed E-state index contributed by atoms with van der Waals surface area (Å²) in [5.74, 6) is 0.146. The summed E-state index contributed by atoms with van der Waals surface area (Å²) < 4.78 is 4.64. The number of aryl methyl sites for hydroxylation is 1. The van der Waals surface area contributed by atoms with E-state index in [1.807, 2.05) is 12.1 Å². The van der Waals surface area contributed by atoms with Gasteiger partial charge in [0.1, 0.15) is 17.8 Å². The van der Waals surface area contributed by atoms with Crippen molar-refractivity contribution >= 4 is 17.5 Å². The Morgan fingerprint density at radius 1 is 1.12 bits per heavy atom. The van der Waals surface area contributed by atoms with Crippen molar-refractivity contribution in [3.8, 4) is 0 Å². The van der Waals surface area contributed by atoms with Crippen molar-refractivity contribution < 1.29 is 14.0 Å². The van der Waals surface area contributed by atoms with E-state index in [0.717, 1.165) is 36.3 Å². The monoisotopic (exact) mass is 342 g/mol. The number of nitrogens with zero attached hydrogens (tertiary/aromatic N) is 3. The van der Waals surface area contributed by atoms with Crippen LogP contribution in [0.25, 0.3) is 0 Å². The average Bonchev–Trinajstić information content (AvgIpc) is 3.11. The molecule has 1 amide bonds. The average molecular weight is 342 g/mol. The molecule has 130 valence electrons. The van der Waals surface area contributed by atoms with Gasteiger partial charge in [0.15, 0.2) is 5.78 Å². The standard InChI is InChI=1S/C17H18N4O4/c22-14-4-3-12-11(14)2-5-15(18-12)20-6-1-7-21(9-8-20)16(23)13-10-25-17(24)19-13/h2,5,10H,1,3-4,6-9H2,(H,19,24). The maximum atomic E-state index is 12.4. The topological polar surface area (TPSA) is 99.5 Å². The molecule has 0 atom stereocenters. The van der Waals surface area contributed by atoms with Crippen LogP contribution in [0.3, 0.4) is 0 Å².